The van der Waals surface area contributed by atoms with Gasteiger partial charge in [0.1, 0.15) is 12.4 Å². The summed E-state index contributed by atoms with van der Waals surface area (Å²) in [4.78, 5) is 36.8. The molecule has 3 amide bonds. The monoisotopic (exact) mass is 448 g/mol. The lowest BCUT2D eigenvalue weighted by Crippen LogP contribution is -2.33. The minimum atomic E-state index is -0.721. The summed E-state index contributed by atoms with van der Waals surface area (Å²) in [7, 11) is 1.78. The van der Waals surface area contributed by atoms with Crippen LogP contribution in [0.15, 0.2) is 46.9 Å². The normalized spacial score (nSPS) is 10.5. The molecule has 2 rings (SSSR count). The number of nitrogens with one attached hydrogen (secondary N) is 1. The van der Waals surface area contributed by atoms with Crippen LogP contribution in [-0.2, 0) is 4.79 Å². The highest BCUT2D eigenvalue weighted by Crippen LogP contribution is 2.16. The molecule has 0 aliphatic heterocycles. The van der Waals surface area contributed by atoms with Crippen molar-refractivity contribution in [2.75, 3.05) is 32.1 Å². The van der Waals surface area contributed by atoms with Crippen LogP contribution in [0.25, 0.3) is 0 Å². The number of ether oxygens (including phenoxy) is 1. The third kappa shape index (κ3) is 6.67. The number of hydrogen-bond acceptors (Lipinski definition) is 5. The third-order valence-corrected chi connectivity index (χ3v) is 4.28. The van der Waals surface area contributed by atoms with Crippen LogP contribution >= 0.6 is 15.9 Å². The van der Waals surface area contributed by atoms with Crippen LogP contribution in [0.3, 0.4) is 0 Å². The molecule has 2 aromatic rings. The fourth-order valence-corrected chi connectivity index (χ4v) is 2.62. The Morgan fingerprint density at radius 1 is 1.04 bits per heavy atom. The van der Waals surface area contributed by atoms with Gasteiger partial charge >= 0.3 is 0 Å². The van der Waals surface area contributed by atoms with Crippen molar-refractivity contribution >= 4 is 39.3 Å². The number of halogens is 1. The van der Waals surface area contributed by atoms with Crippen molar-refractivity contribution in [1.29, 1.82) is 0 Å². The minimum absolute atomic E-state index is 0.0860. The Hall–Kier alpha value is -2.91. The molecule has 28 heavy (non-hydrogen) atoms. The van der Waals surface area contributed by atoms with Crippen molar-refractivity contribution in [3.05, 3.63) is 58.1 Å². The van der Waals surface area contributed by atoms with Gasteiger partial charge in [-0.3, -0.25) is 19.3 Å². The van der Waals surface area contributed by atoms with E-state index in [1.54, 1.807) is 11.9 Å². The predicted molar refractivity (Wildman–Crippen MR) is 109 cm³/mol. The van der Waals surface area contributed by atoms with Crippen LogP contribution in [-0.4, -0.2) is 49.4 Å². The second kappa shape index (κ2) is 9.86. The number of carbonyl (C=O) groups excluding carboxylic acids is 3. The molecule has 2 aromatic carbocycles. The molecule has 0 fully saturated rings. The second-order valence-corrected chi connectivity index (χ2v) is 7.03. The first-order chi connectivity index (χ1) is 13.2. The van der Waals surface area contributed by atoms with E-state index in [9.17, 15) is 14.4 Å². The van der Waals surface area contributed by atoms with Gasteiger partial charge in [0.15, 0.2) is 0 Å². The Balaban J connectivity index is 1.87. The highest BCUT2D eigenvalue weighted by Gasteiger charge is 2.12. The maximum atomic E-state index is 12.2. The number of nitrogens with two attached hydrogens (primary N) is 2. The van der Waals surface area contributed by atoms with Crippen molar-refractivity contribution in [3.63, 3.8) is 0 Å². The third-order valence-electron chi connectivity index (χ3n) is 3.75. The van der Waals surface area contributed by atoms with Crippen molar-refractivity contribution in [3.8, 4) is 5.75 Å². The van der Waals surface area contributed by atoms with E-state index < -0.39 is 11.8 Å². The summed E-state index contributed by atoms with van der Waals surface area (Å²) >= 11 is 3.36. The summed E-state index contributed by atoms with van der Waals surface area (Å²) < 4.78 is 6.58. The number of rotatable bonds is 9. The highest BCUT2D eigenvalue weighted by molar-refractivity contribution is 9.10. The number of hydrogen-bond donors (Lipinski definition) is 3. The van der Waals surface area contributed by atoms with E-state index in [4.69, 9.17) is 16.2 Å². The minimum Gasteiger partial charge on any atom is -0.492 e. The Morgan fingerprint density at radius 2 is 1.61 bits per heavy atom. The number of nitrogens with zero attached hydrogens (tertiary/aromatic N) is 1. The Labute approximate surface area is 170 Å². The van der Waals surface area contributed by atoms with E-state index in [0.29, 0.717) is 13.2 Å². The van der Waals surface area contributed by atoms with Crippen LogP contribution in [0.5, 0.6) is 5.75 Å². The molecule has 0 spiro atoms. The topological polar surface area (TPSA) is 128 Å². The van der Waals surface area contributed by atoms with Gasteiger partial charge in [-0.15, -0.1) is 0 Å². The summed E-state index contributed by atoms with van der Waals surface area (Å²) in [6, 6.07) is 11.5. The fourth-order valence-electron chi connectivity index (χ4n) is 2.36. The van der Waals surface area contributed by atoms with Gasteiger partial charge in [-0.05, 0) is 49.5 Å². The molecule has 0 unspecified atom stereocenters. The summed E-state index contributed by atoms with van der Waals surface area (Å²) in [6.45, 7) is 1.03. The average Bonchev–Trinajstić information content (AvgIpc) is 2.62. The highest BCUT2D eigenvalue weighted by atomic mass is 79.9. The zero-order valence-electron chi connectivity index (χ0n) is 15.3. The summed E-state index contributed by atoms with van der Waals surface area (Å²) in [5.41, 5.74) is 10.9. The number of amides is 3. The van der Waals surface area contributed by atoms with E-state index in [-0.39, 0.29) is 29.3 Å². The molecular formula is C19H21BrN4O4. The lowest BCUT2D eigenvalue weighted by Gasteiger charge is -2.17. The van der Waals surface area contributed by atoms with Crippen LogP contribution in [0.1, 0.15) is 20.7 Å². The van der Waals surface area contributed by atoms with Gasteiger partial charge < -0.3 is 21.5 Å². The molecule has 5 N–H and O–H groups in total. The number of anilines is 1. The van der Waals surface area contributed by atoms with E-state index in [1.165, 1.54) is 18.2 Å². The van der Waals surface area contributed by atoms with Gasteiger partial charge in [-0.1, -0.05) is 15.9 Å². The second-order valence-electron chi connectivity index (χ2n) is 6.12. The van der Waals surface area contributed by atoms with Crippen molar-refractivity contribution in [2.24, 2.45) is 11.5 Å². The Bertz CT molecular complexity index is 838. The quantitative estimate of drug-likeness (QED) is 0.536. The molecule has 0 aliphatic carbocycles. The molecule has 8 nitrogen and oxygen atoms in total. The first-order valence-electron chi connectivity index (χ1n) is 8.36. The maximum absolute atomic E-state index is 12.2. The SMILES string of the molecule is CN(CCOc1ccc(Br)cc1)CC(=O)Nc1cc(C(N)=O)cc(C(N)=O)c1. The van der Waals surface area contributed by atoms with Gasteiger partial charge in [0.05, 0.1) is 6.54 Å². The van der Waals surface area contributed by atoms with Crippen LogP contribution in [0, 0.1) is 0 Å². The van der Waals surface area contributed by atoms with Crippen LogP contribution in [0.4, 0.5) is 5.69 Å². The van der Waals surface area contributed by atoms with Crippen molar-refractivity contribution in [1.82, 2.24) is 4.90 Å². The van der Waals surface area contributed by atoms with Gasteiger partial charge in [0.25, 0.3) is 0 Å². The fraction of sp³-hybridized carbons (Fsp3) is 0.211. The van der Waals surface area contributed by atoms with Gasteiger partial charge in [0, 0.05) is 27.8 Å². The zero-order chi connectivity index (χ0) is 20.7. The molecule has 148 valence electrons. The number of carbonyl (C=O) groups is 3. The molecule has 0 atom stereocenters. The molecule has 0 saturated heterocycles. The molecule has 0 radical (unpaired) electrons. The van der Waals surface area contributed by atoms with E-state index in [0.717, 1.165) is 10.2 Å². The molecule has 9 heteroatoms. The average molecular weight is 449 g/mol. The van der Waals surface area contributed by atoms with Gasteiger partial charge in [0.2, 0.25) is 17.7 Å². The number of likely N-dealkylation sites (N-methyl/N-ethyl adjacent to an activating group) is 1. The van der Waals surface area contributed by atoms with E-state index in [2.05, 4.69) is 21.2 Å². The largest absolute Gasteiger partial charge is 0.492 e. The smallest absolute Gasteiger partial charge is 0.248 e. The van der Waals surface area contributed by atoms with Crippen LogP contribution < -0.4 is 21.5 Å². The lowest BCUT2D eigenvalue weighted by molar-refractivity contribution is -0.117. The predicted octanol–water partition coefficient (Wildman–Crippen LogP) is 1.60. The Kier molecular flexibility index (Phi) is 7.53. The molecule has 0 bridgehead atoms. The van der Waals surface area contributed by atoms with Crippen LogP contribution in [0.2, 0.25) is 0 Å². The summed E-state index contributed by atoms with van der Waals surface area (Å²) in [5, 5.41) is 2.64. The molecule has 0 heterocycles. The molecular weight excluding hydrogens is 428 g/mol. The van der Waals surface area contributed by atoms with Crippen molar-refractivity contribution < 1.29 is 19.1 Å². The van der Waals surface area contributed by atoms with E-state index in [1.807, 2.05) is 24.3 Å². The maximum Gasteiger partial charge on any atom is 0.248 e. The van der Waals surface area contributed by atoms with Gasteiger partial charge in [-0.2, -0.15) is 0 Å². The first kappa shape index (κ1) is 21.4. The number of benzene rings is 2. The Morgan fingerprint density at radius 3 is 2.14 bits per heavy atom. The standard InChI is InChI=1S/C19H21BrN4O4/c1-24(6-7-28-16-4-2-14(20)3-5-16)11-17(25)23-15-9-12(18(21)26)8-13(10-15)19(22)27/h2-5,8-10H,6-7,11H2,1H3,(H2,21,26)(H2,22,27)(H,23,25). The molecule has 0 aliphatic rings. The lowest BCUT2D eigenvalue weighted by atomic mass is 10.1. The molecule has 0 aromatic heterocycles. The van der Waals surface area contributed by atoms with E-state index >= 15 is 0 Å². The summed E-state index contributed by atoms with van der Waals surface area (Å²) in [6.07, 6.45) is 0. The summed E-state index contributed by atoms with van der Waals surface area (Å²) in [5.74, 6) is -1.02. The van der Waals surface area contributed by atoms with Gasteiger partial charge in [-0.25, -0.2) is 0 Å². The number of primary amides is 2. The molecule has 0 saturated carbocycles. The van der Waals surface area contributed by atoms with Crippen molar-refractivity contribution in [2.45, 2.75) is 0 Å². The zero-order valence-corrected chi connectivity index (χ0v) is 16.9. The first-order valence-corrected chi connectivity index (χ1v) is 9.15.